The smallest absolute Gasteiger partial charge is 0.0725 e. The van der Waals surface area contributed by atoms with Gasteiger partial charge >= 0.3 is 0 Å². The molecule has 1 aliphatic heterocycles. The fourth-order valence-corrected chi connectivity index (χ4v) is 5.18. The highest BCUT2D eigenvalue weighted by Gasteiger charge is 2.41. The molecule has 158 valence electrons. The molecule has 7 heteroatoms. The summed E-state index contributed by atoms with van der Waals surface area (Å²) in [6.07, 6.45) is 3.36. The Kier molecular flexibility index (Phi) is 6.42. The number of pyridine rings is 1. The van der Waals surface area contributed by atoms with Crippen molar-refractivity contribution >= 4 is 52.2 Å². The van der Waals surface area contributed by atoms with E-state index in [2.05, 4.69) is 58.4 Å². The lowest BCUT2D eigenvalue weighted by Crippen LogP contribution is -2.39. The molecule has 0 radical (unpaired) electrons. The topological polar surface area (TPSA) is 49.0 Å². The molecule has 4 unspecified atom stereocenters. The lowest BCUT2D eigenvalue weighted by atomic mass is 9.77. The van der Waals surface area contributed by atoms with Crippen molar-refractivity contribution in [3.63, 3.8) is 0 Å². The number of hydrogen-bond donors (Lipinski definition) is 3. The van der Waals surface area contributed by atoms with E-state index >= 15 is 0 Å². The number of para-hydroxylation sites is 1. The fraction of sp³-hybridized carbons (Fsp3) is 0.348. The molecule has 2 fully saturated rings. The van der Waals surface area contributed by atoms with Crippen LogP contribution in [0.25, 0.3) is 10.9 Å². The van der Waals surface area contributed by atoms with Crippen LogP contribution in [0, 0.1) is 12.8 Å². The zero-order valence-corrected chi connectivity index (χ0v) is 19.0. The second kappa shape index (κ2) is 8.89. The molecule has 0 spiro atoms. The molecule has 1 saturated carbocycles. The number of aromatic nitrogens is 1. The Bertz CT molecular complexity index is 1060. The summed E-state index contributed by atoms with van der Waals surface area (Å²) in [6, 6.07) is 17.6. The van der Waals surface area contributed by atoms with Crippen molar-refractivity contribution in [1.82, 2.24) is 15.8 Å². The van der Waals surface area contributed by atoms with Gasteiger partial charge in [0.25, 0.3) is 0 Å². The summed E-state index contributed by atoms with van der Waals surface area (Å²) >= 11 is 12.4. The molecule has 2 heterocycles. The number of aryl methyl sites for hydroxylation is 1. The van der Waals surface area contributed by atoms with Gasteiger partial charge in [-0.25, -0.2) is 5.43 Å². The van der Waals surface area contributed by atoms with Crippen molar-refractivity contribution in [3.8, 4) is 0 Å². The van der Waals surface area contributed by atoms with E-state index in [1.807, 2.05) is 18.2 Å². The lowest BCUT2D eigenvalue weighted by Gasteiger charge is -2.34. The predicted octanol–water partition coefficient (Wildman–Crippen LogP) is 6.07. The van der Waals surface area contributed by atoms with Crippen LogP contribution in [0.15, 0.2) is 48.5 Å². The molecule has 4 nitrogen and oxygen atoms in total. The van der Waals surface area contributed by atoms with Gasteiger partial charge in [0.15, 0.2) is 0 Å². The molecule has 2 aromatic carbocycles. The third-order valence-electron chi connectivity index (χ3n) is 6.26. The third-order valence-corrected chi connectivity index (χ3v) is 7.00. The van der Waals surface area contributed by atoms with E-state index in [0.29, 0.717) is 28.0 Å². The molecule has 5 rings (SSSR count). The average Bonchev–Trinajstić information content (AvgIpc) is 3.13. The summed E-state index contributed by atoms with van der Waals surface area (Å²) in [5.74, 6) is 0.493. The molecule has 0 bridgehead atoms. The summed E-state index contributed by atoms with van der Waals surface area (Å²) in [4.78, 5) is 4.67. The second-order valence-electron chi connectivity index (χ2n) is 8.19. The van der Waals surface area contributed by atoms with Gasteiger partial charge in [-0.2, -0.15) is 0 Å². The molecule has 30 heavy (non-hydrogen) atoms. The van der Waals surface area contributed by atoms with Crippen molar-refractivity contribution in [2.75, 3.05) is 5.32 Å². The minimum absolute atomic E-state index is 0. The van der Waals surface area contributed by atoms with Crippen LogP contribution in [0.2, 0.25) is 10.0 Å². The van der Waals surface area contributed by atoms with E-state index in [4.69, 9.17) is 23.2 Å². The van der Waals surface area contributed by atoms with Gasteiger partial charge < -0.3 is 5.32 Å². The number of fused-ring (bicyclic) bond motifs is 2. The molecule has 1 aliphatic carbocycles. The Morgan fingerprint density at radius 3 is 2.67 bits per heavy atom. The van der Waals surface area contributed by atoms with Crippen LogP contribution in [0.5, 0.6) is 0 Å². The maximum atomic E-state index is 6.28. The quantitative estimate of drug-likeness (QED) is 0.441. The van der Waals surface area contributed by atoms with Crippen molar-refractivity contribution in [2.45, 2.75) is 44.3 Å². The number of benzene rings is 2. The molecule has 2 aliphatic rings. The minimum atomic E-state index is 0. The molecule has 0 amide bonds. The largest absolute Gasteiger partial charge is 0.382 e. The first-order chi connectivity index (χ1) is 14.1. The first kappa shape index (κ1) is 21.7. The summed E-state index contributed by atoms with van der Waals surface area (Å²) in [5.41, 5.74) is 11.4. The Balaban J connectivity index is 0.00000218. The van der Waals surface area contributed by atoms with Crippen molar-refractivity contribution in [3.05, 3.63) is 69.8 Å². The van der Waals surface area contributed by atoms with Gasteiger partial charge in [0.1, 0.15) is 0 Å². The van der Waals surface area contributed by atoms with E-state index in [1.165, 1.54) is 16.6 Å². The normalized spacial score (nSPS) is 25.6. The van der Waals surface area contributed by atoms with Crippen LogP contribution in [0.1, 0.15) is 36.6 Å². The molecule has 3 N–H and O–H groups in total. The van der Waals surface area contributed by atoms with Crippen LogP contribution in [-0.2, 0) is 0 Å². The molecule has 1 saturated heterocycles. The molecular formula is C23H25Cl3N4. The molecular weight excluding hydrogens is 439 g/mol. The Morgan fingerprint density at radius 2 is 1.83 bits per heavy atom. The number of rotatable bonds is 3. The number of halogens is 3. The number of hydrazine groups is 1. The van der Waals surface area contributed by atoms with Crippen LogP contribution < -0.4 is 16.2 Å². The molecule has 3 aromatic rings. The van der Waals surface area contributed by atoms with Crippen LogP contribution >= 0.6 is 35.6 Å². The highest BCUT2D eigenvalue weighted by molar-refractivity contribution is 6.42. The van der Waals surface area contributed by atoms with E-state index < -0.39 is 0 Å². The Labute approximate surface area is 193 Å². The van der Waals surface area contributed by atoms with E-state index in [1.54, 1.807) is 0 Å². The van der Waals surface area contributed by atoms with E-state index in [9.17, 15) is 0 Å². The summed E-state index contributed by atoms with van der Waals surface area (Å²) in [6.45, 7) is 2.06. The number of anilines is 1. The Morgan fingerprint density at radius 1 is 1.00 bits per heavy atom. The maximum Gasteiger partial charge on any atom is 0.0725 e. The highest BCUT2D eigenvalue weighted by Crippen LogP contribution is 2.40. The maximum absolute atomic E-state index is 6.28. The zero-order chi connectivity index (χ0) is 20.0. The van der Waals surface area contributed by atoms with Crippen molar-refractivity contribution in [2.24, 2.45) is 5.92 Å². The van der Waals surface area contributed by atoms with Gasteiger partial charge in [0.2, 0.25) is 0 Å². The number of nitrogens with zero attached hydrogens (tertiary/aromatic N) is 1. The SMILES string of the molecule is Cc1cc(NC2CCC3NNC(c4ccc(Cl)c(Cl)c4)C3C2)c2ccccc2n1.Cl. The zero-order valence-electron chi connectivity index (χ0n) is 16.7. The van der Waals surface area contributed by atoms with Crippen LogP contribution in [-0.4, -0.2) is 17.1 Å². The predicted molar refractivity (Wildman–Crippen MR) is 128 cm³/mol. The summed E-state index contributed by atoms with van der Waals surface area (Å²) in [5, 5.41) is 6.22. The molecule has 1 aromatic heterocycles. The van der Waals surface area contributed by atoms with Gasteiger partial charge in [-0.05, 0) is 61.9 Å². The number of hydrogen-bond acceptors (Lipinski definition) is 4. The summed E-state index contributed by atoms with van der Waals surface area (Å²) < 4.78 is 0. The standard InChI is InChI=1S/C23H24Cl2N4.ClH/c1-13-10-22(16-4-2-3-5-20(16)26-13)27-15-7-9-21-17(12-15)23(29-28-21)14-6-8-18(24)19(25)11-14;/h2-6,8,10-11,15,17,21,23,28-29H,7,9,12H2,1H3,(H,26,27);1H. The van der Waals surface area contributed by atoms with Gasteiger partial charge in [0, 0.05) is 28.9 Å². The lowest BCUT2D eigenvalue weighted by molar-refractivity contribution is 0.289. The van der Waals surface area contributed by atoms with Gasteiger partial charge in [-0.1, -0.05) is 47.5 Å². The second-order valence-corrected chi connectivity index (χ2v) is 9.01. The van der Waals surface area contributed by atoms with Gasteiger partial charge in [-0.15, -0.1) is 12.4 Å². The minimum Gasteiger partial charge on any atom is -0.382 e. The monoisotopic (exact) mass is 462 g/mol. The average molecular weight is 464 g/mol. The Hall–Kier alpha value is -1.56. The van der Waals surface area contributed by atoms with Crippen LogP contribution in [0.4, 0.5) is 5.69 Å². The summed E-state index contributed by atoms with van der Waals surface area (Å²) in [7, 11) is 0. The van der Waals surface area contributed by atoms with Crippen molar-refractivity contribution < 1.29 is 0 Å². The first-order valence-corrected chi connectivity index (χ1v) is 10.9. The van der Waals surface area contributed by atoms with Gasteiger partial charge in [-0.3, -0.25) is 10.4 Å². The highest BCUT2D eigenvalue weighted by atomic mass is 35.5. The number of nitrogens with one attached hydrogen (secondary N) is 3. The van der Waals surface area contributed by atoms with E-state index in [-0.39, 0.29) is 18.4 Å². The third kappa shape index (κ3) is 4.12. The first-order valence-electron chi connectivity index (χ1n) is 10.2. The van der Waals surface area contributed by atoms with E-state index in [0.717, 1.165) is 30.5 Å². The van der Waals surface area contributed by atoms with Gasteiger partial charge in [0.05, 0.1) is 21.6 Å². The molecule has 4 atom stereocenters. The van der Waals surface area contributed by atoms with Crippen molar-refractivity contribution in [1.29, 1.82) is 0 Å². The fourth-order valence-electron chi connectivity index (χ4n) is 4.87. The van der Waals surface area contributed by atoms with Crippen LogP contribution in [0.3, 0.4) is 0 Å².